The zero-order valence-corrected chi connectivity index (χ0v) is 12.2. The third kappa shape index (κ3) is 3.31. The summed E-state index contributed by atoms with van der Waals surface area (Å²) in [6.45, 7) is 4.37. The van der Waals surface area contributed by atoms with Crippen molar-refractivity contribution in [2.45, 2.75) is 13.8 Å². The van der Waals surface area contributed by atoms with Gasteiger partial charge in [-0.3, -0.25) is 4.79 Å². The quantitative estimate of drug-likeness (QED) is 0.911. The van der Waals surface area contributed by atoms with E-state index >= 15 is 0 Å². The Balaban J connectivity index is 2.18. The fourth-order valence-corrected chi connectivity index (χ4v) is 2.06. The number of rotatable bonds is 4. The topological polar surface area (TPSA) is 38.3 Å². The van der Waals surface area contributed by atoms with Crippen LogP contribution in [0.25, 0.3) is 0 Å². The van der Waals surface area contributed by atoms with Gasteiger partial charge < -0.3 is 10.1 Å². The number of carbonyl (C=O) groups is 1. The number of para-hydroxylation sites is 1. The molecule has 2 rings (SSSR count). The highest BCUT2D eigenvalue weighted by Crippen LogP contribution is 2.26. The molecule has 0 aromatic heterocycles. The van der Waals surface area contributed by atoms with Crippen molar-refractivity contribution < 1.29 is 9.53 Å². The van der Waals surface area contributed by atoms with E-state index in [2.05, 4.69) is 5.32 Å². The van der Waals surface area contributed by atoms with Crippen molar-refractivity contribution in [3.63, 3.8) is 0 Å². The number of benzene rings is 2. The summed E-state index contributed by atoms with van der Waals surface area (Å²) in [5, 5.41) is 3.30. The molecule has 1 amide bonds. The van der Waals surface area contributed by atoms with Crippen LogP contribution in [0.5, 0.6) is 5.75 Å². The van der Waals surface area contributed by atoms with E-state index in [-0.39, 0.29) is 5.91 Å². The number of amides is 1. The molecule has 3 nitrogen and oxygen atoms in total. The van der Waals surface area contributed by atoms with Crippen molar-refractivity contribution in [1.29, 1.82) is 0 Å². The van der Waals surface area contributed by atoms with Gasteiger partial charge in [-0.15, -0.1) is 0 Å². The van der Waals surface area contributed by atoms with Gasteiger partial charge in [-0.2, -0.15) is 0 Å². The van der Waals surface area contributed by atoms with Crippen LogP contribution in [0.2, 0.25) is 5.02 Å². The van der Waals surface area contributed by atoms with E-state index in [0.29, 0.717) is 22.9 Å². The number of nitrogens with one attached hydrogen (secondary N) is 1. The maximum Gasteiger partial charge on any atom is 0.255 e. The Morgan fingerprint density at radius 2 is 2.00 bits per heavy atom. The van der Waals surface area contributed by atoms with Crippen molar-refractivity contribution in [3.8, 4) is 5.75 Å². The van der Waals surface area contributed by atoms with Crippen molar-refractivity contribution in [2.75, 3.05) is 11.9 Å². The molecule has 0 saturated heterocycles. The highest BCUT2D eigenvalue weighted by molar-refractivity contribution is 6.32. The first kappa shape index (κ1) is 14.4. The monoisotopic (exact) mass is 289 g/mol. The molecule has 1 N–H and O–H groups in total. The lowest BCUT2D eigenvalue weighted by atomic mass is 10.1. The van der Waals surface area contributed by atoms with E-state index in [4.69, 9.17) is 16.3 Å². The van der Waals surface area contributed by atoms with Crippen LogP contribution in [0.3, 0.4) is 0 Å². The van der Waals surface area contributed by atoms with Crippen LogP contribution in [0.15, 0.2) is 42.5 Å². The summed E-state index contributed by atoms with van der Waals surface area (Å²) in [4.78, 5) is 12.2. The second-order valence-electron chi connectivity index (χ2n) is 4.35. The molecule has 0 unspecified atom stereocenters. The van der Waals surface area contributed by atoms with E-state index in [1.165, 1.54) is 0 Å². The van der Waals surface area contributed by atoms with Gasteiger partial charge in [0.15, 0.2) is 0 Å². The molecular formula is C16H16ClNO2. The van der Waals surface area contributed by atoms with Gasteiger partial charge in [0.05, 0.1) is 11.6 Å². The smallest absolute Gasteiger partial charge is 0.255 e. The Labute approximate surface area is 123 Å². The maximum atomic E-state index is 12.2. The first-order chi connectivity index (χ1) is 9.61. The molecular weight excluding hydrogens is 274 g/mol. The predicted molar refractivity (Wildman–Crippen MR) is 81.8 cm³/mol. The lowest BCUT2D eigenvalue weighted by Crippen LogP contribution is -2.12. The van der Waals surface area contributed by atoms with Crippen LogP contribution < -0.4 is 10.1 Å². The van der Waals surface area contributed by atoms with Gasteiger partial charge in [0.25, 0.3) is 5.91 Å². The molecule has 0 atom stereocenters. The molecule has 0 aliphatic rings. The second kappa shape index (κ2) is 6.44. The standard InChI is InChI=1S/C16H16ClNO2/c1-3-20-15-9-8-12(10-13(15)17)16(19)18-14-7-5-4-6-11(14)2/h4-10H,3H2,1-2H3,(H,18,19). The minimum atomic E-state index is -0.191. The summed E-state index contributed by atoms with van der Waals surface area (Å²) >= 11 is 6.08. The van der Waals surface area contributed by atoms with Gasteiger partial charge in [0.2, 0.25) is 0 Å². The summed E-state index contributed by atoms with van der Waals surface area (Å²) in [5.74, 6) is 0.394. The molecule has 2 aromatic carbocycles. The molecule has 0 saturated carbocycles. The molecule has 4 heteroatoms. The van der Waals surface area contributed by atoms with Crippen molar-refractivity contribution in [1.82, 2.24) is 0 Å². The van der Waals surface area contributed by atoms with Crippen molar-refractivity contribution >= 4 is 23.2 Å². The normalized spacial score (nSPS) is 10.2. The number of ether oxygens (including phenoxy) is 1. The molecule has 0 heterocycles. The Kier molecular flexibility index (Phi) is 4.64. The molecule has 0 bridgehead atoms. The van der Waals surface area contributed by atoms with Crippen LogP contribution in [-0.4, -0.2) is 12.5 Å². The minimum absolute atomic E-state index is 0.191. The summed E-state index contributed by atoms with van der Waals surface area (Å²) < 4.78 is 5.35. The number of aryl methyl sites for hydroxylation is 1. The van der Waals surface area contributed by atoms with Gasteiger partial charge in [0, 0.05) is 11.3 Å². The number of hydrogen-bond donors (Lipinski definition) is 1. The third-order valence-corrected chi connectivity index (χ3v) is 3.18. The molecule has 104 valence electrons. The number of anilines is 1. The van der Waals surface area contributed by atoms with E-state index in [0.717, 1.165) is 11.3 Å². The predicted octanol–water partition coefficient (Wildman–Crippen LogP) is 4.30. The Bertz CT molecular complexity index is 626. The lowest BCUT2D eigenvalue weighted by molar-refractivity contribution is 0.102. The van der Waals surface area contributed by atoms with Gasteiger partial charge in [-0.05, 0) is 43.7 Å². The highest BCUT2D eigenvalue weighted by atomic mass is 35.5. The van der Waals surface area contributed by atoms with Crippen LogP contribution in [0.4, 0.5) is 5.69 Å². The second-order valence-corrected chi connectivity index (χ2v) is 4.75. The largest absolute Gasteiger partial charge is 0.492 e. The van der Waals surface area contributed by atoms with Crippen LogP contribution >= 0.6 is 11.6 Å². The Morgan fingerprint density at radius 3 is 2.65 bits per heavy atom. The Morgan fingerprint density at radius 1 is 1.25 bits per heavy atom. The summed E-state index contributed by atoms with van der Waals surface area (Å²) in [6, 6.07) is 12.6. The van der Waals surface area contributed by atoms with E-state index in [1.807, 2.05) is 38.1 Å². The fraction of sp³-hybridized carbons (Fsp3) is 0.188. The van der Waals surface area contributed by atoms with Crippen molar-refractivity contribution in [2.24, 2.45) is 0 Å². The van der Waals surface area contributed by atoms with Gasteiger partial charge in [-0.1, -0.05) is 29.8 Å². The van der Waals surface area contributed by atoms with E-state index in [1.54, 1.807) is 18.2 Å². The van der Waals surface area contributed by atoms with E-state index < -0.39 is 0 Å². The third-order valence-electron chi connectivity index (χ3n) is 2.89. The molecule has 0 fully saturated rings. The summed E-state index contributed by atoms with van der Waals surface area (Å²) in [6.07, 6.45) is 0. The van der Waals surface area contributed by atoms with Gasteiger partial charge >= 0.3 is 0 Å². The number of carbonyl (C=O) groups excluding carboxylic acids is 1. The van der Waals surface area contributed by atoms with Crippen LogP contribution in [0, 0.1) is 6.92 Å². The molecule has 0 aliphatic carbocycles. The van der Waals surface area contributed by atoms with Crippen LogP contribution in [-0.2, 0) is 0 Å². The van der Waals surface area contributed by atoms with Gasteiger partial charge in [-0.25, -0.2) is 0 Å². The molecule has 20 heavy (non-hydrogen) atoms. The SMILES string of the molecule is CCOc1ccc(C(=O)Nc2ccccc2C)cc1Cl. The van der Waals surface area contributed by atoms with Gasteiger partial charge in [0.1, 0.15) is 5.75 Å². The average Bonchev–Trinajstić information content (AvgIpc) is 2.43. The average molecular weight is 290 g/mol. The molecule has 2 aromatic rings. The van der Waals surface area contributed by atoms with Crippen molar-refractivity contribution in [3.05, 3.63) is 58.6 Å². The molecule has 0 spiro atoms. The minimum Gasteiger partial charge on any atom is -0.492 e. The summed E-state index contributed by atoms with van der Waals surface area (Å²) in [5.41, 5.74) is 2.31. The lowest BCUT2D eigenvalue weighted by Gasteiger charge is -2.10. The molecule has 0 radical (unpaired) electrons. The summed E-state index contributed by atoms with van der Waals surface area (Å²) in [7, 11) is 0. The van der Waals surface area contributed by atoms with Crippen LogP contribution in [0.1, 0.15) is 22.8 Å². The maximum absolute atomic E-state index is 12.2. The number of hydrogen-bond acceptors (Lipinski definition) is 2. The Hall–Kier alpha value is -2.00. The molecule has 0 aliphatic heterocycles. The highest BCUT2D eigenvalue weighted by Gasteiger charge is 2.10. The zero-order valence-electron chi connectivity index (χ0n) is 11.4. The fourth-order valence-electron chi connectivity index (χ4n) is 1.82. The zero-order chi connectivity index (χ0) is 14.5. The first-order valence-electron chi connectivity index (χ1n) is 6.41. The number of halogens is 1. The first-order valence-corrected chi connectivity index (χ1v) is 6.79. The van der Waals surface area contributed by atoms with E-state index in [9.17, 15) is 4.79 Å².